The van der Waals surface area contributed by atoms with Crippen molar-refractivity contribution in [3.8, 4) is 11.5 Å². The number of methoxy groups -OCH3 is 2. The van der Waals surface area contributed by atoms with Gasteiger partial charge in [-0.05, 0) is 42.7 Å². The lowest BCUT2D eigenvalue weighted by Crippen LogP contribution is -2.45. The van der Waals surface area contributed by atoms with Gasteiger partial charge in [-0.3, -0.25) is 4.79 Å². The highest BCUT2D eigenvalue weighted by molar-refractivity contribution is 7.89. The smallest absolute Gasteiger partial charge is 0.246 e. The van der Waals surface area contributed by atoms with Crippen LogP contribution in [0.2, 0.25) is 0 Å². The van der Waals surface area contributed by atoms with Crippen LogP contribution in [0.1, 0.15) is 18.4 Å². The zero-order valence-electron chi connectivity index (χ0n) is 16.9. The normalized spacial score (nSPS) is 17.4. The van der Waals surface area contributed by atoms with E-state index in [-0.39, 0.29) is 35.5 Å². The van der Waals surface area contributed by atoms with E-state index >= 15 is 0 Å². The van der Waals surface area contributed by atoms with Crippen molar-refractivity contribution in [2.45, 2.75) is 24.3 Å². The summed E-state index contributed by atoms with van der Waals surface area (Å²) in [6.07, 6.45) is 1.16. The average Bonchev–Trinajstić information content (AvgIpc) is 2.78. The average molecular weight is 437 g/mol. The molecule has 2 aromatic carbocycles. The van der Waals surface area contributed by atoms with Crippen molar-refractivity contribution in [2.75, 3.05) is 27.3 Å². The number of nitrogens with one attached hydrogen (secondary N) is 1. The fraction of sp³-hybridized carbons (Fsp3) is 0.381. The number of hydrogen-bond acceptors (Lipinski definition) is 5. The van der Waals surface area contributed by atoms with Gasteiger partial charge in [0.15, 0.2) is 0 Å². The highest BCUT2D eigenvalue weighted by Crippen LogP contribution is 2.32. The van der Waals surface area contributed by atoms with Crippen LogP contribution in [0.4, 0.5) is 4.39 Å². The van der Waals surface area contributed by atoms with E-state index in [0.29, 0.717) is 25.1 Å². The quantitative estimate of drug-likeness (QED) is 0.721. The van der Waals surface area contributed by atoms with Crippen LogP contribution in [-0.4, -0.2) is 45.9 Å². The zero-order chi connectivity index (χ0) is 21.7. The van der Waals surface area contributed by atoms with E-state index in [2.05, 4.69) is 5.32 Å². The van der Waals surface area contributed by atoms with Crippen molar-refractivity contribution in [3.63, 3.8) is 0 Å². The summed E-state index contributed by atoms with van der Waals surface area (Å²) in [6, 6.07) is 10.5. The Labute approximate surface area is 175 Å². The molecule has 1 N–H and O–H groups in total. The molecule has 0 bridgehead atoms. The number of rotatable bonds is 7. The van der Waals surface area contributed by atoms with Crippen LogP contribution in [0.15, 0.2) is 47.4 Å². The van der Waals surface area contributed by atoms with Crippen LogP contribution in [-0.2, 0) is 21.4 Å². The van der Waals surface area contributed by atoms with Gasteiger partial charge in [-0.15, -0.1) is 0 Å². The van der Waals surface area contributed by atoms with E-state index in [1.54, 1.807) is 24.3 Å². The highest BCUT2D eigenvalue weighted by Gasteiger charge is 2.35. The number of piperidine rings is 1. The van der Waals surface area contributed by atoms with Crippen molar-refractivity contribution < 1.29 is 27.1 Å². The molecule has 1 aliphatic rings. The first-order chi connectivity index (χ1) is 14.3. The van der Waals surface area contributed by atoms with Gasteiger partial charge in [-0.2, -0.15) is 4.31 Å². The molecule has 30 heavy (non-hydrogen) atoms. The van der Waals surface area contributed by atoms with E-state index in [0.717, 1.165) is 5.56 Å². The van der Waals surface area contributed by atoms with Gasteiger partial charge in [0.1, 0.15) is 22.2 Å². The number of nitrogens with zero attached hydrogens (tertiary/aromatic N) is 1. The molecule has 162 valence electrons. The van der Waals surface area contributed by atoms with Crippen LogP contribution in [0.3, 0.4) is 0 Å². The zero-order valence-corrected chi connectivity index (χ0v) is 17.7. The summed E-state index contributed by atoms with van der Waals surface area (Å²) in [4.78, 5) is 12.6. The maximum absolute atomic E-state index is 13.2. The van der Waals surface area contributed by atoms with E-state index < -0.39 is 15.9 Å². The van der Waals surface area contributed by atoms with E-state index in [9.17, 15) is 17.6 Å². The van der Waals surface area contributed by atoms with Crippen LogP contribution in [0.5, 0.6) is 11.5 Å². The molecule has 1 atom stereocenters. The molecule has 0 spiro atoms. The van der Waals surface area contributed by atoms with Gasteiger partial charge in [-0.25, -0.2) is 12.8 Å². The molecule has 0 aromatic heterocycles. The van der Waals surface area contributed by atoms with Crippen molar-refractivity contribution in [1.29, 1.82) is 0 Å². The van der Waals surface area contributed by atoms with Gasteiger partial charge in [-0.1, -0.05) is 12.1 Å². The Bertz CT molecular complexity index is 995. The molecular formula is C21H25FN2O5S. The maximum Gasteiger partial charge on any atom is 0.246 e. The SMILES string of the molecule is COc1ccc(OC)c(S(=O)(=O)N2CCCC(C(=O)NCc3ccc(F)cc3)C2)c1. The molecule has 1 aliphatic heterocycles. The molecule has 1 heterocycles. The number of halogens is 1. The predicted octanol–water partition coefficient (Wildman–Crippen LogP) is 2.56. The first-order valence-corrected chi connectivity index (χ1v) is 11.0. The number of hydrogen-bond donors (Lipinski definition) is 1. The Kier molecular flexibility index (Phi) is 6.94. The largest absolute Gasteiger partial charge is 0.497 e. The van der Waals surface area contributed by atoms with Gasteiger partial charge in [0.25, 0.3) is 0 Å². The number of carbonyl (C=O) groups excluding carboxylic acids is 1. The highest BCUT2D eigenvalue weighted by atomic mass is 32.2. The monoisotopic (exact) mass is 436 g/mol. The van der Waals surface area contributed by atoms with Crippen molar-refractivity contribution in [3.05, 3.63) is 53.8 Å². The van der Waals surface area contributed by atoms with Gasteiger partial charge < -0.3 is 14.8 Å². The Balaban J connectivity index is 1.71. The molecule has 3 rings (SSSR count). The second-order valence-corrected chi connectivity index (χ2v) is 8.97. The first-order valence-electron chi connectivity index (χ1n) is 9.59. The maximum atomic E-state index is 13.2. The number of benzene rings is 2. The van der Waals surface area contributed by atoms with Crippen LogP contribution < -0.4 is 14.8 Å². The number of ether oxygens (including phenoxy) is 2. The number of amides is 1. The van der Waals surface area contributed by atoms with Crippen LogP contribution in [0.25, 0.3) is 0 Å². The number of sulfonamides is 1. The third kappa shape index (κ3) is 4.91. The Morgan fingerprint density at radius 3 is 2.57 bits per heavy atom. The summed E-state index contributed by atoms with van der Waals surface area (Å²) < 4.78 is 51.2. The molecule has 1 amide bonds. The minimum absolute atomic E-state index is 0.0109. The molecule has 0 aliphatic carbocycles. The fourth-order valence-electron chi connectivity index (χ4n) is 3.44. The molecule has 2 aromatic rings. The van der Waals surface area contributed by atoms with Gasteiger partial charge >= 0.3 is 0 Å². The summed E-state index contributed by atoms with van der Waals surface area (Å²) in [5.74, 6) is -0.410. The fourth-order valence-corrected chi connectivity index (χ4v) is 5.13. The minimum atomic E-state index is -3.87. The molecule has 1 fully saturated rings. The van der Waals surface area contributed by atoms with Gasteiger partial charge in [0, 0.05) is 25.7 Å². The van der Waals surface area contributed by atoms with Crippen molar-refractivity contribution in [2.24, 2.45) is 5.92 Å². The second kappa shape index (κ2) is 9.44. The predicted molar refractivity (Wildman–Crippen MR) is 109 cm³/mol. The van der Waals surface area contributed by atoms with E-state index in [1.807, 2.05) is 0 Å². The van der Waals surface area contributed by atoms with Gasteiger partial charge in [0.2, 0.25) is 15.9 Å². The second-order valence-electron chi connectivity index (χ2n) is 7.06. The van der Waals surface area contributed by atoms with Crippen molar-refractivity contribution >= 4 is 15.9 Å². The summed E-state index contributed by atoms with van der Waals surface area (Å²) >= 11 is 0. The number of carbonyl (C=O) groups is 1. The minimum Gasteiger partial charge on any atom is -0.497 e. The summed E-state index contributed by atoms with van der Waals surface area (Å²) in [5.41, 5.74) is 0.770. The lowest BCUT2D eigenvalue weighted by Gasteiger charge is -2.31. The van der Waals surface area contributed by atoms with E-state index in [1.165, 1.54) is 36.7 Å². The first kappa shape index (κ1) is 22.0. The Morgan fingerprint density at radius 2 is 1.90 bits per heavy atom. The summed E-state index contributed by atoms with van der Waals surface area (Å²) in [7, 11) is -1.00. The summed E-state index contributed by atoms with van der Waals surface area (Å²) in [6.45, 7) is 0.661. The molecule has 7 nitrogen and oxygen atoms in total. The third-order valence-corrected chi connectivity index (χ3v) is 7.01. The van der Waals surface area contributed by atoms with Gasteiger partial charge in [0.05, 0.1) is 20.1 Å². The van der Waals surface area contributed by atoms with E-state index in [4.69, 9.17) is 9.47 Å². The molecular weight excluding hydrogens is 411 g/mol. The molecule has 1 saturated heterocycles. The molecule has 1 unspecified atom stereocenters. The lowest BCUT2D eigenvalue weighted by molar-refractivity contribution is -0.126. The Morgan fingerprint density at radius 1 is 1.17 bits per heavy atom. The lowest BCUT2D eigenvalue weighted by atomic mass is 9.99. The summed E-state index contributed by atoms with van der Waals surface area (Å²) in [5, 5.41) is 2.81. The topological polar surface area (TPSA) is 84.9 Å². The van der Waals surface area contributed by atoms with Crippen molar-refractivity contribution in [1.82, 2.24) is 9.62 Å². The molecule has 0 saturated carbocycles. The molecule has 0 radical (unpaired) electrons. The Hall–Kier alpha value is -2.65. The van der Waals surface area contributed by atoms with Crippen LogP contribution >= 0.6 is 0 Å². The molecule has 9 heteroatoms. The standard InChI is InChI=1S/C21H25FN2O5S/c1-28-18-9-10-19(29-2)20(12-18)30(26,27)24-11-3-4-16(14-24)21(25)23-13-15-5-7-17(22)8-6-15/h5-10,12,16H,3-4,11,13-14H2,1-2H3,(H,23,25). The van der Waals surface area contributed by atoms with Crippen LogP contribution in [0, 0.1) is 11.7 Å². The third-order valence-electron chi connectivity index (χ3n) is 5.12.